The molecule has 0 nitrogen and oxygen atoms in total. The van der Waals surface area contributed by atoms with E-state index in [0.717, 1.165) is 0 Å². The first kappa shape index (κ1) is 37.4. The Balaban J connectivity index is 2.08. The Hall–Kier alpha value is -2.40. The van der Waals surface area contributed by atoms with E-state index < -0.39 is 34.4 Å². The highest BCUT2D eigenvalue weighted by Crippen LogP contribution is 2.99. The molecule has 5 heteroatoms. The Morgan fingerprint density at radius 1 is 0.200 bits per heavy atom. The summed E-state index contributed by atoms with van der Waals surface area (Å²) in [7, 11) is 0. The number of aryl methyl sites for hydroxylation is 15. The maximum atomic E-state index is 2.50. The SMILES string of the molecule is Cc1cc(C)c(-p2p(-c3c(C)cc(C)cc3C)p(-c3c(C)cc(C)cc3C)p(-c3c(C)cc(C)cc3C)p2-c2c(C)cc(C)cc2C)c(C)c1. The second-order valence-electron chi connectivity index (χ2n) is 15.2. The molecule has 0 aliphatic carbocycles. The predicted molar refractivity (Wildman–Crippen MR) is 235 cm³/mol. The van der Waals surface area contributed by atoms with Gasteiger partial charge in [-0.3, -0.25) is 0 Å². The lowest BCUT2D eigenvalue weighted by Crippen LogP contribution is -1.88. The molecule has 0 N–H and O–H groups in total. The van der Waals surface area contributed by atoms with Gasteiger partial charge in [-0.2, -0.15) is 0 Å². The fourth-order valence-electron chi connectivity index (χ4n) is 8.79. The molecule has 0 spiro atoms. The van der Waals surface area contributed by atoms with Crippen molar-refractivity contribution in [2.24, 2.45) is 0 Å². The summed E-state index contributed by atoms with van der Waals surface area (Å²) in [6, 6.07) is 25.0. The summed E-state index contributed by atoms with van der Waals surface area (Å²) in [6.07, 6.45) is 0. The van der Waals surface area contributed by atoms with Crippen LogP contribution in [0.4, 0.5) is 0 Å². The topological polar surface area (TPSA) is 0 Å². The molecule has 6 rings (SSSR count). The average molecular weight is 751 g/mol. The van der Waals surface area contributed by atoms with E-state index in [9.17, 15) is 0 Å². The van der Waals surface area contributed by atoms with Crippen LogP contribution in [0.3, 0.4) is 0 Å². The van der Waals surface area contributed by atoms with E-state index in [1.54, 1.807) is 26.5 Å². The fraction of sp³-hybridized carbons (Fsp3) is 0.333. The normalized spacial score (nSPS) is 13.3. The van der Waals surface area contributed by atoms with E-state index in [2.05, 4.69) is 165 Å². The Morgan fingerprint density at radius 3 is 0.400 bits per heavy atom. The van der Waals surface area contributed by atoms with Crippen molar-refractivity contribution >= 4 is 34.4 Å². The molecular weight excluding hydrogens is 695 g/mol. The lowest BCUT2D eigenvalue weighted by molar-refractivity contribution is 1.35. The summed E-state index contributed by atoms with van der Waals surface area (Å²) in [5.74, 6) is 0. The lowest BCUT2D eigenvalue weighted by Gasteiger charge is -2.22. The fourth-order valence-corrected chi connectivity index (χ4v) is 78.2. The predicted octanol–water partition coefficient (Wildman–Crippen LogP) is 17.3. The zero-order chi connectivity index (χ0) is 36.5. The van der Waals surface area contributed by atoms with Crippen LogP contribution in [0.2, 0.25) is 0 Å². The van der Waals surface area contributed by atoms with E-state index >= 15 is 0 Å². The van der Waals surface area contributed by atoms with E-state index in [1.807, 2.05) is 0 Å². The molecule has 0 bridgehead atoms. The average Bonchev–Trinajstić information content (AvgIpc) is 3.24. The summed E-state index contributed by atoms with van der Waals surface area (Å²) in [4.78, 5) is 0. The molecule has 1 aromatic heterocycles. The molecule has 6 aromatic rings. The molecule has 0 amide bonds. The summed E-state index contributed by atoms with van der Waals surface area (Å²) < 4.78 is 0. The molecule has 0 radical (unpaired) electrons. The highest BCUT2D eigenvalue weighted by atomic mass is 32.7. The van der Waals surface area contributed by atoms with E-state index in [4.69, 9.17) is 0 Å². The molecule has 0 unspecified atom stereocenters. The van der Waals surface area contributed by atoms with Crippen LogP contribution in [0.1, 0.15) is 83.5 Å². The summed E-state index contributed by atoms with van der Waals surface area (Å²) in [5.41, 5.74) is 22.1. The number of hydrogen-bond donors (Lipinski definition) is 0. The highest BCUT2D eigenvalue weighted by molar-refractivity contribution is 8.78. The van der Waals surface area contributed by atoms with Crippen molar-refractivity contribution in [1.29, 1.82) is 0 Å². The van der Waals surface area contributed by atoms with Crippen LogP contribution in [0, 0.1) is 104 Å². The lowest BCUT2D eigenvalue weighted by atomic mass is 10.1. The third kappa shape index (κ3) is 6.56. The number of rotatable bonds is 5. The second-order valence-corrected chi connectivity index (χ2v) is 37.0. The first-order chi connectivity index (χ1) is 23.5. The van der Waals surface area contributed by atoms with Gasteiger partial charge in [0.2, 0.25) is 0 Å². The van der Waals surface area contributed by atoms with Gasteiger partial charge < -0.3 is 0 Å². The smallest absolute Gasteiger partial charge is 0.0122 e. The van der Waals surface area contributed by atoms with Crippen LogP contribution in [0.25, 0.3) is 26.5 Å². The van der Waals surface area contributed by atoms with Crippen molar-refractivity contribution in [1.82, 2.24) is 0 Å². The van der Waals surface area contributed by atoms with E-state index in [0.29, 0.717) is 0 Å². The molecule has 260 valence electrons. The van der Waals surface area contributed by atoms with E-state index in [1.165, 1.54) is 83.5 Å². The first-order valence-electron chi connectivity index (χ1n) is 17.9. The van der Waals surface area contributed by atoms with Crippen molar-refractivity contribution in [3.8, 4) is 26.5 Å². The molecular formula is C45H55P5. The van der Waals surface area contributed by atoms with Crippen LogP contribution in [-0.2, 0) is 0 Å². The van der Waals surface area contributed by atoms with Crippen molar-refractivity contribution in [3.63, 3.8) is 0 Å². The van der Waals surface area contributed by atoms with Crippen LogP contribution < -0.4 is 0 Å². The molecule has 5 aromatic carbocycles. The first-order valence-corrected chi connectivity index (χ1v) is 28.1. The Kier molecular flexibility index (Phi) is 10.6. The maximum absolute atomic E-state index is 2.50. The molecule has 0 aliphatic rings. The third-order valence-corrected chi connectivity index (χ3v) is 51.2. The van der Waals surface area contributed by atoms with Gasteiger partial charge in [0, 0.05) is 26.5 Å². The Bertz CT molecular complexity index is 1850. The zero-order valence-electron chi connectivity index (χ0n) is 33.0. The van der Waals surface area contributed by atoms with Crippen molar-refractivity contribution in [3.05, 3.63) is 144 Å². The van der Waals surface area contributed by atoms with Gasteiger partial charge in [0.15, 0.2) is 0 Å². The van der Waals surface area contributed by atoms with E-state index in [-0.39, 0.29) is 0 Å². The maximum Gasteiger partial charge on any atom is 0.0122 e. The monoisotopic (exact) mass is 750 g/mol. The molecule has 0 fully saturated rings. The summed E-state index contributed by atoms with van der Waals surface area (Å²) in [5, 5.41) is 8.56. The molecule has 0 saturated carbocycles. The minimum absolute atomic E-state index is 0.561. The number of benzene rings is 5. The van der Waals surface area contributed by atoms with Crippen molar-refractivity contribution < 1.29 is 0 Å². The molecule has 0 aliphatic heterocycles. The van der Waals surface area contributed by atoms with Gasteiger partial charge in [-0.15, -0.1) is 0 Å². The quantitative estimate of drug-likeness (QED) is 0.165. The molecule has 50 heavy (non-hydrogen) atoms. The largest absolute Gasteiger partial charge is 0.0554 e. The van der Waals surface area contributed by atoms with Crippen LogP contribution >= 0.6 is 34.4 Å². The number of hydrogen-bond acceptors (Lipinski definition) is 0. The van der Waals surface area contributed by atoms with Crippen molar-refractivity contribution in [2.45, 2.75) is 104 Å². The van der Waals surface area contributed by atoms with Gasteiger partial charge in [-0.25, -0.2) is 0 Å². The van der Waals surface area contributed by atoms with Gasteiger partial charge in [0.1, 0.15) is 0 Å². The minimum atomic E-state index is -0.561. The van der Waals surface area contributed by atoms with Gasteiger partial charge in [0.05, 0.1) is 0 Å². The van der Waals surface area contributed by atoms with Gasteiger partial charge >= 0.3 is 0 Å². The zero-order valence-corrected chi connectivity index (χ0v) is 37.5. The molecule has 1 heterocycles. The minimum Gasteiger partial charge on any atom is -0.0554 e. The Labute approximate surface area is 307 Å². The van der Waals surface area contributed by atoms with Crippen LogP contribution in [0.5, 0.6) is 0 Å². The standard InChI is InChI=1S/C45H55P5/c1-26-16-31(6)41(32(7)17-26)46-47(42-33(8)18-27(2)19-34(42)9)49(44-37(12)22-29(4)23-38(44)13)50(45-39(14)24-30(5)25-40(45)15)48(46)43-35(10)20-28(3)21-36(43)11/h16-25H,1-15H3. The van der Waals surface area contributed by atoms with Gasteiger partial charge in [0.25, 0.3) is 0 Å². The summed E-state index contributed by atoms with van der Waals surface area (Å²) in [6.45, 7) is 33.0. The Morgan fingerprint density at radius 2 is 0.300 bits per heavy atom. The van der Waals surface area contributed by atoms with Crippen molar-refractivity contribution in [2.75, 3.05) is 0 Å². The van der Waals surface area contributed by atoms with Gasteiger partial charge in [-0.05, 0) is 194 Å². The molecule has 0 atom stereocenters. The van der Waals surface area contributed by atoms with Crippen LogP contribution in [-0.4, -0.2) is 0 Å². The van der Waals surface area contributed by atoms with Gasteiger partial charge in [-0.1, -0.05) is 88.5 Å². The van der Waals surface area contributed by atoms with Crippen LogP contribution in [0.15, 0.2) is 60.7 Å². The molecule has 0 saturated heterocycles. The third-order valence-electron chi connectivity index (χ3n) is 10.1. The summed E-state index contributed by atoms with van der Waals surface area (Å²) >= 11 is 0. The second kappa shape index (κ2) is 14.2. The highest BCUT2D eigenvalue weighted by Gasteiger charge is 2.33.